The molecule has 0 unspecified atom stereocenters. The van der Waals surface area contributed by atoms with E-state index in [4.69, 9.17) is 0 Å². The minimum Gasteiger partial charge on any atom is -0.0882 e. The van der Waals surface area contributed by atoms with E-state index in [1.807, 2.05) is 0 Å². The molecule has 0 aliphatic heterocycles. The standard InChI is InChI=1S/C10H20/c1-6-10(9(4)5)7-8(2)3/h6,8-9H,7H2,1-5H3/b10-6-. The summed E-state index contributed by atoms with van der Waals surface area (Å²) in [6.45, 7) is 11.2. The van der Waals surface area contributed by atoms with Gasteiger partial charge in [-0.1, -0.05) is 39.3 Å². The maximum Gasteiger partial charge on any atom is -0.0260 e. The Bertz CT molecular complexity index is 107. The summed E-state index contributed by atoms with van der Waals surface area (Å²) >= 11 is 0. The van der Waals surface area contributed by atoms with Crippen LogP contribution in [0.4, 0.5) is 0 Å². The SMILES string of the molecule is C/C=C(/CC(C)C)C(C)C. The number of hydrogen-bond donors (Lipinski definition) is 0. The molecule has 60 valence electrons. The van der Waals surface area contributed by atoms with E-state index in [1.165, 1.54) is 6.42 Å². The Kier molecular flexibility index (Phi) is 4.42. The van der Waals surface area contributed by atoms with Crippen molar-refractivity contribution in [3.05, 3.63) is 11.6 Å². The first kappa shape index (κ1) is 9.74. The molecule has 0 radical (unpaired) electrons. The van der Waals surface area contributed by atoms with E-state index in [0.29, 0.717) is 0 Å². The van der Waals surface area contributed by atoms with Gasteiger partial charge in [-0.3, -0.25) is 0 Å². The van der Waals surface area contributed by atoms with Gasteiger partial charge in [-0.15, -0.1) is 0 Å². The lowest BCUT2D eigenvalue weighted by atomic mass is 9.94. The van der Waals surface area contributed by atoms with Gasteiger partial charge in [0.15, 0.2) is 0 Å². The zero-order chi connectivity index (χ0) is 8.15. The van der Waals surface area contributed by atoms with Crippen LogP contribution < -0.4 is 0 Å². The highest BCUT2D eigenvalue weighted by molar-refractivity contribution is 5.03. The highest BCUT2D eigenvalue weighted by Crippen LogP contribution is 2.18. The third kappa shape index (κ3) is 3.71. The molecule has 0 heteroatoms. The summed E-state index contributed by atoms with van der Waals surface area (Å²) in [4.78, 5) is 0. The average Bonchev–Trinajstić information content (AvgIpc) is 1.81. The highest BCUT2D eigenvalue weighted by Gasteiger charge is 2.03. The van der Waals surface area contributed by atoms with E-state index in [9.17, 15) is 0 Å². The van der Waals surface area contributed by atoms with Gasteiger partial charge in [0.2, 0.25) is 0 Å². The van der Waals surface area contributed by atoms with Crippen molar-refractivity contribution in [3.63, 3.8) is 0 Å². The minimum absolute atomic E-state index is 0.729. The van der Waals surface area contributed by atoms with Gasteiger partial charge in [-0.2, -0.15) is 0 Å². The van der Waals surface area contributed by atoms with Crippen LogP contribution in [0.15, 0.2) is 11.6 Å². The number of allylic oxidation sites excluding steroid dienone is 2. The molecular formula is C10H20. The van der Waals surface area contributed by atoms with Crippen molar-refractivity contribution in [2.45, 2.75) is 41.0 Å². The molecule has 0 saturated carbocycles. The summed E-state index contributed by atoms with van der Waals surface area (Å²) in [5, 5.41) is 0. The number of rotatable bonds is 3. The summed E-state index contributed by atoms with van der Waals surface area (Å²) in [5.74, 6) is 1.53. The van der Waals surface area contributed by atoms with E-state index in [-0.39, 0.29) is 0 Å². The summed E-state index contributed by atoms with van der Waals surface area (Å²) < 4.78 is 0. The van der Waals surface area contributed by atoms with Crippen LogP contribution in [0.5, 0.6) is 0 Å². The molecule has 0 N–H and O–H groups in total. The van der Waals surface area contributed by atoms with Crippen LogP contribution in [-0.2, 0) is 0 Å². The fraction of sp³-hybridized carbons (Fsp3) is 0.800. The largest absolute Gasteiger partial charge is 0.0882 e. The van der Waals surface area contributed by atoms with E-state index < -0.39 is 0 Å². The molecule has 0 bridgehead atoms. The Morgan fingerprint density at radius 1 is 1.20 bits per heavy atom. The molecule has 0 atom stereocenters. The fourth-order valence-electron chi connectivity index (χ4n) is 1.16. The summed E-state index contributed by atoms with van der Waals surface area (Å²) in [5.41, 5.74) is 1.59. The smallest absolute Gasteiger partial charge is 0.0260 e. The topological polar surface area (TPSA) is 0 Å². The van der Waals surface area contributed by atoms with E-state index in [0.717, 1.165) is 11.8 Å². The summed E-state index contributed by atoms with van der Waals surface area (Å²) in [6, 6.07) is 0. The van der Waals surface area contributed by atoms with Crippen molar-refractivity contribution in [2.75, 3.05) is 0 Å². The van der Waals surface area contributed by atoms with Crippen molar-refractivity contribution in [2.24, 2.45) is 11.8 Å². The quantitative estimate of drug-likeness (QED) is 0.525. The van der Waals surface area contributed by atoms with Crippen molar-refractivity contribution >= 4 is 0 Å². The van der Waals surface area contributed by atoms with Crippen LogP contribution in [0.2, 0.25) is 0 Å². The second-order valence-electron chi connectivity index (χ2n) is 3.62. The predicted molar refractivity (Wildman–Crippen MR) is 48.1 cm³/mol. The Morgan fingerprint density at radius 3 is 1.80 bits per heavy atom. The number of hydrogen-bond acceptors (Lipinski definition) is 0. The van der Waals surface area contributed by atoms with Gasteiger partial charge in [0.05, 0.1) is 0 Å². The predicted octanol–water partition coefficient (Wildman–Crippen LogP) is 3.63. The van der Waals surface area contributed by atoms with Crippen LogP contribution in [0.1, 0.15) is 41.0 Å². The molecule has 0 rings (SSSR count). The molecule has 10 heavy (non-hydrogen) atoms. The van der Waals surface area contributed by atoms with E-state index in [2.05, 4.69) is 40.7 Å². The first-order valence-corrected chi connectivity index (χ1v) is 4.23. The molecule has 0 amide bonds. The first-order valence-electron chi connectivity index (χ1n) is 4.23. The average molecular weight is 140 g/mol. The molecule has 0 spiro atoms. The van der Waals surface area contributed by atoms with Crippen LogP contribution in [0.3, 0.4) is 0 Å². The molecule has 0 nitrogen and oxygen atoms in total. The van der Waals surface area contributed by atoms with Gasteiger partial charge in [0, 0.05) is 0 Å². The Balaban J connectivity index is 3.86. The van der Waals surface area contributed by atoms with Crippen molar-refractivity contribution in [1.29, 1.82) is 0 Å². The molecule has 0 aromatic rings. The third-order valence-electron chi connectivity index (χ3n) is 1.76. The summed E-state index contributed by atoms with van der Waals surface area (Å²) in [7, 11) is 0. The molecule has 0 saturated heterocycles. The maximum absolute atomic E-state index is 2.27. The van der Waals surface area contributed by atoms with E-state index >= 15 is 0 Å². The minimum atomic E-state index is 0.729. The van der Waals surface area contributed by atoms with Crippen molar-refractivity contribution in [1.82, 2.24) is 0 Å². The Hall–Kier alpha value is -0.260. The lowest BCUT2D eigenvalue weighted by Crippen LogP contribution is -1.98. The third-order valence-corrected chi connectivity index (χ3v) is 1.76. The highest BCUT2D eigenvalue weighted by atomic mass is 14.1. The monoisotopic (exact) mass is 140 g/mol. The second kappa shape index (κ2) is 4.54. The zero-order valence-corrected chi connectivity index (χ0v) is 7.94. The van der Waals surface area contributed by atoms with Crippen molar-refractivity contribution in [3.8, 4) is 0 Å². The van der Waals surface area contributed by atoms with Crippen LogP contribution in [0.25, 0.3) is 0 Å². The molecular weight excluding hydrogens is 120 g/mol. The fourth-order valence-corrected chi connectivity index (χ4v) is 1.16. The van der Waals surface area contributed by atoms with Crippen molar-refractivity contribution < 1.29 is 0 Å². The molecule has 0 aliphatic rings. The molecule has 0 fully saturated rings. The maximum atomic E-state index is 2.27. The van der Waals surface area contributed by atoms with Crippen LogP contribution in [0, 0.1) is 11.8 Å². The second-order valence-corrected chi connectivity index (χ2v) is 3.62. The zero-order valence-electron chi connectivity index (χ0n) is 7.94. The van der Waals surface area contributed by atoms with E-state index in [1.54, 1.807) is 5.57 Å². The van der Waals surface area contributed by atoms with Gasteiger partial charge in [-0.05, 0) is 25.2 Å². The van der Waals surface area contributed by atoms with Gasteiger partial charge >= 0.3 is 0 Å². The lowest BCUT2D eigenvalue weighted by Gasteiger charge is -2.12. The lowest BCUT2D eigenvalue weighted by molar-refractivity contribution is 0.586. The van der Waals surface area contributed by atoms with Gasteiger partial charge in [0.25, 0.3) is 0 Å². The van der Waals surface area contributed by atoms with Gasteiger partial charge < -0.3 is 0 Å². The van der Waals surface area contributed by atoms with Gasteiger partial charge in [0.1, 0.15) is 0 Å². The Morgan fingerprint density at radius 2 is 1.70 bits per heavy atom. The molecule has 0 aromatic heterocycles. The summed E-state index contributed by atoms with van der Waals surface area (Å²) in [6.07, 6.45) is 3.51. The van der Waals surface area contributed by atoms with Crippen LogP contribution >= 0.6 is 0 Å². The van der Waals surface area contributed by atoms with Crippen LogP contribution in [-0.4, -0.2) is 0 Å². The molecule has 0 heterocycles. The van der Waals surface area contributed by atoms with Gasteiger partial charge in [-0.25, -0.2) is 0 Å². The molecule has 0 aliphatic carbocycles. The Labute approximate surface area is 65.3 Å². The normalized spacial score (nSPS) is 13.3. The molecule has 0 aromatic carbocycles. The first-order chi connectivity index (χ1) is 4.57.